The first-order chi connectivity index (χ1) is 12.5. The van der Waals surface area contributed by atoms with Crippen LogP contribution in [0.2, 0.25) is 5.02 Å². The molecule has 0 saturated carbocycles. The number of carbonyl (C=O) groups is 1. The highest BCUT2D eigenvalue weighted by Gasteiger charge is 2.19. The molecular weight excluding hydrogens is 356 g/mol. The summed E-state index contributed by atoms with van der Waals surface area (Å²) in [6, 6.07) is 12.2. The van der Waals surface area contributed by atoms with Gasteiger partial charge in [-0.2, -0.15) is 0 Å². The van der Waals surface area contributed by atoms with Gasteiger partial charge in [-0.15, -0.1) is 0 Å². The topological polar surface area (TPSA) is 60.0 Å². The van der Waals surface area contributed by atoms with Gasteiger partial charge >= 0.3 is 0 Å². The van der Waals surface area contributed by atoms with Crippen molar-refractivity contribution in [3.8, 4) is 17.2 Å². The fraction of sp³-hybridized carbons (Fsp3) is 0.316. The Labute approximate surface area is 157 Å². The van der Waals surface area contributed by atoms with E-state index in [-0.39, 0.29) is 18.7 Å². The zero-order valence-corrected chi connectivity index (χ0v) is 15.5. The third-order valence-electron chi connectivity index (χ3n) is 4.21. The molecule has 2 aromatic rings. The minimum absolute atomic E-state index is 0.0992. The Morgan fingerprint density at radius 3 is 2.73 bits per heavy atom. The van der Waals surface area contributed by atoms with Crippen LogP contribution in [-0.2, 0) is 4.79 Å². The molecule has 1 heterocycles. The number of nitrogens with one attached hydrogen (secondary N) is 1. The van der Waals surface area contributed by atoms with E-state index < -0.39 is 0 Å². The number of hydrogen-bond donors (Lipinski definition) is 1. The first-order valence-corrected chi connectivity index (χ1v) is 8.70. The SMILES string of the molecule is C[C@H](C(=O)Nc1ccc2c(c1)OCO2)N(C)CCOc1ccc(Cl)cc1. The number of anilines is 1. The molecule has 0 unspecified atom stereocenters. The average molecular weight is 377 g/mol. The van der Waals surface area contributed by atoms with Crippen LogP contribution in [0.4, 0.5) is 5.69 Å². The smallest absolute Gasteiger partial charge is 0.241 e. The lowest BCUT2D eigenvalue weighted by atomic mass is 10.2. The number of likely N-dealkylation sites (N-methyl/N-ethyl adjacent to an activating group) is 1. The fourth-order valence-electron chi connectivity index (χ4n) is 2.45. The number of nitrogens with zero attached hydrogens (tertiary/aromatic N) is 1. The lowest BCUT2D eigenvalue weighted by Crippen LogP contribution is -2.41. The number of amides is 1. The molecule has 26 heavy (non-hydrogen) atoms. The summed E-state index contributed by atoms with van der Waals surface area (Å²) >= 11 is 5.85. The maximum Gasteiger partial charge on any atom is 0.241 e. The largest absolute Gasteiger partial charge is 0.492 e. The summed E-state index contributed by atoms with van der Waals surface area (Å²) in [6.45, 7) is 3.14. The van der Waals surface area contributed by atoms with Gasteiger partial charge in [0.2, 0.25) is 12.7 Å². The third kappa shape index (κ3) is 4.59. The van der Waals surface area contributed by atoms with Crippen molar-refractivity contribution in [3.05, 3.63) is 47.5 Å². The summed E-state index contributed by atoms with van der Waals surface area (Å²) in [6.07, 6.45) is 0. The maximum absolute atomic E-state index is 12.4. The maximum atomic E-state index is 12.4. The van der Waals surface area contributed by atoms with Gasteiger partial charge in [-0.3, -0.25) is 9.69 Å². The molecule has 0 aliphatic carbocycles. The lowest BCUT2D eigenvalue weighted by molar-refractivity contribution is -0.120. The van der Waals surface area contributed by atoms with Crippen molar-refractivity contribution >= 4 is 23.2 Å². The molecule has 1 amide bonds. The molecule has 1 N–H and O–H groups in total. The highest BCUT2D eigenvalue weighted by atomic mass is 35.5. The zero-order chi connectivity index (χ0) is 18.5. The summed E-state index contributed by atoms with van der Waals surface area (Å²) in [5, 5.41) is 3.56. The van der Waals surface area contributed by atoms with Crippen molar-refractivity contribution in [2.75, 3.05) is 32.3 Å². The van der Waals surface area contributed by atoms with Crippen molar-refractivity contribution in [2.24, 2.45) is 0 Å². The molecule has 0 bridgehead atoms. The predicted molar refractivity (Wildman–Crippen MR) is 100 cm³/mol. The summed E-state index contributed by atoms with van der Waals surface area (Å²) in [4.78, 5) is 14.4. The first kappa shape index (κ1) is 18.4. The summed E-state index contributed by atoms with van der Waals surface area (Å²) in [5.41, 5.74) is 0.678. The van der Waals surface area contributed by atoms with E-state index >= 15 is 0 Å². The minimum atomic E-state index is -0.311. The van der Waals surface area contributed by atoms with E-state index in [0.29, 0.717) is 35.4 Å². The molecular formula is C19H21ClN2O4. The van der Waals surface area contributed by atoms with Gasteiger partial charge in [0.25, 0.3) is 0 Å². The molecule has 0 saturated heterocycles. The normalized spacial score (nSPS) is 13.5. The van der Waals surface area contributed by atoms with E-state index in [1.165, 1.54) is 0 Å². The molecule has 0 spiro atoms. The summed E-state index contributed by atoms with van der Waals surface area (Å²) < 4.78 is 16.3. The van der Waals surface area contributed by atoms with E-state index in [1.807, 2.05) is 31.0 Å². The first-order valence-electron chi connectivity index (χ1n) is 8.32. The van der Waals surface area contributed by atoms with Gasteiger partial charge in [-0.25, -0.2) is 0 Å². The van der Waals surface area contributed by atoms with Gasteiger partial charge in [-0.1, -0.05) is 11.6 Å². The number of benzene rings is 2. The van der Waals surface area contributed by atoms with Gasteiger partial charge < -0.3 is 19.5 Å². The number of hydrogen-bond acceptors (Lipinski definition) is 5. The van der Waals surface area contributed by atoms with E-state index in [2.05, 4.69) is 5.32 Å². The minimum Gasteiger partial charge on any atom is -0.492 e. The Morgan fingerprint density at radius 1 is 1.23 bits per heavy atom. The highest BCUT2D eigenvalue weighted by molar-refractivity contribution is 6.30. The number of carbonyl (C=O) groups excluding carboxylic acids is 1. The van der Waals surface area contributed by atoms with Crippen LogP contribution < -0.4 is 19.5 Å². The van der Waals surface area contributed by atoms with Gasteiger partial charge in [0, 0.05) is 23.3 Å². The standard InChI is InChI=1S/C19H21ClN2O4/c1-13(22(2)9-10-24-16-6-3-14(20)4-7-16)19(23)21-15-5-8-17-18(11-15)26-12-25-17/h3-8,11,13H,9-10,12H2,1-2H3,(H,21,23)/t13-/m1/s1. The number of ether oxygens (including phenoxy) is 3. The van der Waals surface area contributed by atoms with Crippen LogP contribution in [-0.4, -0.2) is 43.8 Å². The van der Waals surface area contributed by atoms with Crippen LogP contribution >= 0.6 is 11.6 Å². The Kier molecular flexibility index (Phi) is 5.85. The van der Waals surface area contributed by atoms with Gasteiger partial charge in [0.15, 0.2) is 11.5 Å². The summed E-state index contributed by atoms with van der Waals surface area (Å²) in [7, 11) is 1.88. The lowest BCUT2D eigenvalue weighted by Gasteiger charge is -2.24. The van der Waals surface area contributed by atoms with Gasteiger partial charge in [0.1, 0.15) is 12.4 Å². The van der Waals surface area contributed by atoms with Crippen molar-refractivity contribution in [2.45, 2.75) is 13.0 Å². The van der Waals surface area contributed by atoms with Crippen molar-refractivity contribution in [1.29, 1.82) is 0 Å². The van der Waals surface area contributed by atoms with Crippen molar-refractivity contribution < 1.29 is 19.0 Å². The van der Waals surface area contributed by atoms with Crippen LogP contribution in [0.3, 0.4) is 0 Å². The number of fused-ring (bicyclic) bond motifs is 1. The van der Waals surface area contributed by atoms with Crippen LogP contribution in [0.1, 0.15) is 6.92 Å². The molecule has 0 fully saturated rings. The molecule has 1 atom stereocenters. The highest BCUT2D eigenvalue weighted by Crippen LogP contribution is 2.34. The summed E-state index contributed by atoms with van der Waals surface area (Å²) in [5.74, 6) is 1.98. The fourth-order valence-corrected chi connectivity index (χ4v) is 2.58. The molecule has 7 heteroatoms. The van der Waals surface area contributed by atoms with Gasteiger partial charge in [-0.05, 0) is 50.4 Å². The number of rotatable bonds is 7. The molecule has 0 radical (unpaired) electrons. The zero-order valence-electron chi connectivity index (χ0n) is 14.7. The Bertz CT molecular complexity index is 767. The van der Waals surface area contributed by atoms with Crippen molar-refractivity contribution in [1.82, 2.24) is 4.90 Å². The molecule has 2 aromatic carbocycles. The quantitative estimate of drug-likeness (QED) is 0.802. The molecule has 138 valence electrons. The average Bonchev–Trinajstić information content (AvgIpc) is 3.10. The Morgan fingerprint density at radius 2 is 1.96 bits per heavy atom. The van der Waals surface area contributed by atoms with Gasteiger partial charge in [0.05, 0.1) is 6.04 Å². The van der Waals surface area contributed by atoms with Crippen molar-refractivity contribution in [3.63, 3.8) is 0 Å². The van der Waals surface area contributed by atoms with Crippen LogP contribution in [0.25, 0.3) is 0 Å². The molecule has 1 aliphatic rings. The second kappa shape index (κ2) is 8.29. The number of halogens is 1. The van der Waals surface area contributed by atoms with E-state index in [0.717, 1.165) is 5.75 Å². The second-order valence-electron chi connectivity index (χ2n) is 6.02. The van der Waals surface area contributed by atoms with E-state index in [1.54, 1.807) is 30.3 Å². The van der Waals surface area contributed by atoms with Crippen LogP contribution in [0.5, 0.6) is 17.2 Å². The van der Waals surface area contributed by atoms with E-state index in [9.17, 15) is 4.79 Å². The monoisotopic (exact) mass is 376 g/mol. The molecule has 6 nitrogen and oxygen atoms in total. The molecule has 1 aliphatic heterocycles. The van der Waals surface area contributed by atoms with E-state index in [4.69, 9.17) is 25.8 Å². The predicted octanol–water partition coefficient (Wildman–Crippen LogP) is 3.41. The Hall–Kier alpha value is -2.44. The molecule has 3 rings (SSSR count). The third-order valence-corrected chi connectivity index (χ3v) is 4.46. The second-order valence-corrected chi connectivity index (χ2v) is 6.45. The molecule has 0 aromatic heterocycles. The Balaban J connectivity index is 1.47. The van der Waals surface area contributed by atoms with Crippen LogP contribution in [0, 0.1) is 0 Å². The van der Waals surface area contributed by atoms with Crippen LogP contribution in [0.15, 0.2) is 42.5 Å².